The number of hydrogen-bond donors (Lipinski definition) is 1. The van der Waals surface area contributed by atoms with Gasteiger partial charge in [-0.1, -0.05) is 45.5 Å². The molecule has 0 atom stereocenters. The van der Waals surface area contributed by atoms with Crippen LogP contribution in [0.15, 0.2) is 26.7 Å². The lowest BCUT2D eigenvalue weighted by Crippen LogP contribution is -2.19. The van der Waals surface area contributed by atoms with Crippen LogP contribution < -0.4 is 5.32 Å². The third kappa shape index (κ3) is 4.20. The van der Waals surface area contributed by atoms with Gasteiger partial charge < -0.3 is 5.32 Å². The fraction of sp³-hybridized carbons (Fsp3) is 0.500. The van der Waals surface area contributed by atoms with Crippen molar-refractivity contribution in [2.24, 2.45) is 0 Å². The molecule has 21 heavy (non-hydrogen) atoms. The molecule has 114 valence electrons. The van der Waals surface area contributed by atoms with Crippen molar-refractivity contribution in [1.29, 1.82) is 0 Å². The van der Waals surface area contributed by atoms with Gasteiger partial charge in [0, 0.05) is 17.5 Å². The van der Waals surface area contributed by atoms with Gasteiger partial charge in [0.25, 0.3) is 0 Å². The summed E-state index contributed by atoms with van der Waals surface area (Å²) in [5.74, 6) is 1.86. The Hall–Kier alpha value is -1.07. The molecule has 5 heteroatoms. The fourth-order valence-corrected chi connectivity index (χ4v) is 3.53. The number of rotatable bonds is 5. The van der Waals surface area contributed by atoms with Crippen LogP contribution in [-0.4, -0.2) is 16.5 Å². The SMILES string of the molecule is CCCNc1nc(C(C)(C)C)nc(Sc2cccs2)c1C. The molecule has 0 aromatic carbocycles. The fourth-order valence-electron chi connectivity index (χ4n) is 1.76. The van der Waals surface area contributed by atoms with E-state index in [1.54, 1.807) is 23.1 Å². The Bertz CT molecular complexity index is 586. The minimum absolute atomic E-state index is 0.0545. The molecule has 0 spiro atoms. The predicted octanol–water partition coefficient (Wildman–Crippen LogP) is 5.12. The van der Waals surface area contributed by atoms with E-state index in [2.05, 4.69) is 57.4 Å². The van der Waals surface area contributed by atoms with Crippen molar-refractivity contribution in [2.45, 2.75) is 55.7 Å². The predicted molar refractivity (Wildman–Crippen MR) is 92.7 cm³/mol. The summed E-state index contributed by atoms with van der Waals surface area (Å²) in [6.45, 7) is 11.7. The lowest BCUT2D eigenvalue weighted by molar-refractivity contribution is 0.538. The molecule has 0 amide bonds. The van der Waals surface area contributed by atoms with Gasteiger partial charge >= 0.3 is 0 Å². The lowest BCUT2D eigenvalue weighted by Gasteiger charge is -2.20. The molecule has 2 aromatic rings. The van der Waals surface area contributed by atoms with Crippen molar-refractivity contribution in [3.63, 3.8) is 0 Å². The van der Waals surface area contributed by atoms with Gasteiger partial charge in [0.15, 0.2) is 0 Å². The minimum atomic E-state index is -0.0545. The van der Waals surface area contributed by atoms with E-state index in [9.17, 15) is 0 Å². The average molecular weight is 322 g/mol. The topological polar surface area (TPSA) is 37.8 Å². The van der Waals surface area contributed by atoms with E-state index >= 15 is 0 Å². The first kappa shape index (κ1) is 16.3. The first-order valence-corrected chi connectivity index (χ1v) is 8.95. The van der Waals surface area contributed by atoms with Gasteiger partial charge in [-0.3, -0.25) is 0 Å². The number of nitrogens with zero attached hydrogens (tertiary/aromatic N) is 2. The van der Waals surface area contributed by atoms with E-state index < -0.39 is 0 Å². The molecular weight excluding hydrogens is 298 g/mol. The van der Waals surface area contributed by atoms with Gasteiger partial charge in [0.2, 0.25) is 0 Å². The van der Waals surface area contributed by atoms with E-state index in [1.165, 1.54) is 4.21 Å². The normalized spacial score (nSPS) is 11.7. The molecule has 2 rings (SSSR count). The first-order chi connectivity index (χ1) is 9.91. The van der Waals surface area contributed by atoms with Gasteiger partial charge in [-0.05, 0) is 24.8 Å². The highest BCUT2D eigenvalue weighted by Crippen LogP contribution is 2.35. The van der Waals surface area contributed by atoms with Crippen molar-refractivity contribution in [2.75, 3.05) is 11.9 Å². The van der Waals surface area contributed by atoms with Crippen LogP contribution in [0, 0.1) is 6.92 Å². The lowest BCUT2D eigenvalue weighted by atomic mass is 9.95. The highest BCUT2D eigenvalue weighted by molar-refractivity contribution is 8.01. The Kier molecular flexibility index (Phi) is 5.27. The van der Waals surface area contributed by atoms with Crippen LogP contribution in [0.3, 0.4) is 0 Å². The Morgan fingerprint density at radius 3 is 2.62 bits per heavy atom. The molecule has 3 nitrogen and oxygen atoms in total. The van der Waals surface area contributed by atoms with Crippen molar-refractivity contribution >= 4 is 28.9 Å². The summed E-state index contributed by atoms with van der Waals surface area (Å²) in [4.78, 5) is 9.54. The Morgan fingerprint density at radius 1 is 1.29 bits per heavy atom. The maximum Gasteiger partial charge on any atom is 0.137 e. The molecule has 0 saturated heterocycles. The number of hydrogen-bond acceptors (Lipinski definition) is 5. The first-order valence-electron chi connectivity index (χ1n) is 7.26. The molecule has 2 heterocycles. The summed E-state index contributed by atoms with van der Waals surface area (Å²) in [6, 6.07) is 4.21. The van der Waals surface area contributed by atoms with Crippen LogP contribution in [0.4, 0.5) is 5.82 Å². The van der Waals surface area contributed by atoms with E-state index in [-0.39, 0.29) is 5.41 Å². The smallest absolute Gasteiger partial charge is 0.137 e. The van der Waals surface area contributed by atoms with Crippen molar-refractivity contribution in [1.82, 2.24) is 9.97 Å². The molecule has 0 aliphatic heterocycles. The molecule has 0 unspecified atom stereocenters. The van der Waals surface area contributed by atoms with E-state index in [4.69, 9.17) is 9.97 Å². The molecule has 2 aromatic heterocycles. The molecule has 0 aliphatic carbocycles. The number of thiophene rings is 1. The van der Waals surface area contributed by atoms with E-state index in [1.807, 2.05) is 0 Å². The average Bonchev–Trinajstić information content (AvgIpc) is 2.91. The van der Waals surface area contributed by atoms with Gasteiger partial charge in [-0.15, -0.1) is 11.3 Å². The molecular formula is C16H23N3S2. The Morgan fingerprint density at radius 2 is 2.05 bits per heavy atom. The molecule has 0 fully saturated rings. The van der Waals surface area contributed by atoms with Gasteiger partial charge in [0.05, 0.1) is 4.21 Å². The summed E-state index contributed by atoms with van der Waals surface area (Å²) in [6.07, 6.45) is 1.09. The minimum Gasteiger partial charge on any atom is -0.370 e. The third-order valence-electron chi connectivity index (χ3n) is 3.01. The highest BCUT2D eigenvalue weighted by Gasteiger charge is 2.21. The third-order valence-corrected chi connectivity index (χ3v) is 5.14. The van der Waals surface area contributed by atoms with Crippen molar-refractivity contribution in [3.8, 4) is 0 Å². The zero-order chi connectivity index (χ0) is 15.5. The second-order valence-corrected chi connectivity index (χ2v) is 8.27. The van der Waals surface area contributed by atoms with Gasteiger partial charge in [0.1, 0.15) is 16.7 Å². The largest absolute Gasteiger partial charge is 0.370 e. The maximum absolute atomic E-state index is 4.81. The van der Waals surface area contributed by atoms with Crippen LogP contribution in [0.25, 0.3) is 0 Å². The summed E-state index contributed by atoms with van der Waals surface area (Å²) in [7, 11) is 0. The molecule has 0 bridgehead atoms. The van der Waals surface area contributed by atoms with E-state index in [0.717, 1.165) is 35.2 Å². The maximum atomic E-state index is 4.81. The van der Waals surface area contributed by atoms with Crippen LogP contribution >= 0.6 is 23.1 Å². The zero-order valence-electron chi connectivity index (χ0n) is 13.4. The quantitative estimate of drug-likeness (QED) is 0.776. The van der Waals surface area contributed by atoms with Crippen molar-refractivity contribution in [3.05, 3.63) is 28.9 Å². The number of anilines is 1. The summed E-state index contributed by atoms with van der Waals surface area (Å²) in [5, 5.41) is 6.58. The number of nitrogens with one attached hydrogen (secondary N) is 1. The van der Waals surface area contributed by atoms with Crippen molar-refractivity contribution < 1.29 is 0 Å². The highest BCUT2D eigenvalue weighted by atomic mass is 32.2. The Labute approximate surface area is 135 Å². The summed E-state index contributed by atoms with van der Waals surface area (Å²) in [5.41, 5.74) is 1.08. The number of aromatic nitrogens is 2. The summed E-state index contributed by atoms with van der Waals surface area (Å²) < 4.78 is 1.26. The van der Waals surface area contributed by atoms with Gasteiger partial charge in [-0.25, -0.2) is 9.97 Å². The van der Waals surface area contributed by atoms with Gasteiger partial charge in [-0.2, -0.15) is 0 Å². The summed E-state index contributed by atoms with van der Waals surface area (Å²) >= 11 is 3.47. The monoisotopic (exact) mass is 321 g/mol. The molecule has 1 N–H and O–H groups in total. The van der Waals surface area contributed by atoms with Crippen LogP contribution in [0.5, 0.6) is 0 Å². The molecule has 0 aliphatic rings. The standard InChI is InChI=1S/C16H23N3S2/c1-6-9-17-13-11(2)14(21-12-8-7-10-20-12)19-15(18-13)16(3,4)5/h7-8,10H,6,9H2,1-5H3,(H,17,18,19). The van der Waals surface area contributed by atoms with Crippen LogP contribution in [-0.2, 0) is 5.41 Å². The second kappa shape index (κ2) is 6.79. The molecule has 0 saturated carbocycles. The Balaban J connectivity index is 2.41. The van der Waals surface area contributed by atoms with E-state index in [0.29, 0.717) is 0 Å². The molecule has 0 radical (unpaired) electrons. The van der Waals surface area contributed by atoms with Crippen LogP contribution in [0.2, 0.25) is 0 Å². The van der Waals surface area contributed by atoms with Crippen LogP contribution in [0.1, 0.15) is 45.5 Å². The second-order valence-electron chi connectivity index (χ2n) is 6.04. The zero-order valence-corrected chi connectivity index (χ0v) is 15.0.